The van der Waals surface area contributed by atoms with Crippen LogP contribution in [0.2, 0.25) is 0 Å². The number of carbonyl (C=O) groups excluding carboxylic acids is 2. The lowest BCUT2D eigenvalue weighted by Gasteiger charge is -2.08. The van der Waals surface area contributed by atoms with Crippen LogP contribution >= 0.6 is 11.8 Å². The van der Waals surface area contributed by atoms with Crippen LogP contribution in [0, 0.1) is 0 Å². The Hall–Kier alpha value is -4.31. The largest absolute Gasteiger partial charge is 0.497 e. The maximum atomic E-state index is 12.4. The van der Waals surface area contributed by atoms with E-state index in [0.29, 0.717) is 33.7 Å². The number of benzene rings is 3. The first-order valence-corrected chi connectivity index (χ1v) is 11.6. The zero-order valence-corrected chi connectivity index (χ0v) is 19.9. The van der Waals surface area contributed by atoms with Gasteiger partial charge in [0, 0.05) is 22.5 Å². The number of aromatic nitrogens is 3. The standard InChI is InChI=1S/C25H23N5O4S/c1-33-20-11-5-16(6-12-20)23-28-25(30-29-23)35-15-22(31)26-18-7-3-17(4-8-18)24(32)27-19-9-13-21(34-2)14-10-19/h3-14H,15H2,1-2H3,(H,26,31)(H,27,32)(H,28,29,30). The number of ether oxygens (including phenoxy) is 2. The van der Waals surface area contributed by atoms with Crippen molar-refractivity contribution >= 4 is 35.0 Å². The van der Waals surface area contributed by atoms with E-state index >= 15 is 0 Å². The summed E-state index contributed by atoms with van der Waals surface area (Å²) in [5, 5.41) is 13.1. The first-order chi connectivity index (χ1) is 17.0. The lowest BCUT2D eigenvalue weighted by Crippen LogP contribution is -2.15. The van der Waals surface area contributed by atoms with Gasteiger partial charge < -0.3 is 20.1 Å². The van der Waals surface area contributed by atoms with Gasteiger partial charge in [0.15, 0.2) is 5.82 Å². The molecule has 9 nitrogen and oxygen atoms in total. The van der Waals surface area contributed by atoms with Gasteiger partial charge in [-0.1, -0.05) is 11.8 Å². The molecule has 178 valence electrons. The molecule has 0 atom stereocenters. The highest BCUT2D eigenvalue weighted by Gasteiger charge is 2.11. The van der Waals surface area contributed by atoms with Crippen LogP contribution in [0.3, 0.4) is 0 Å². The Balaban J connectivity index is 1.26. The van der Waals surface area contributed by atoms with Crippen molar-refractivity contribution in [2.24, 2.45) is 0 Å². The highest BCUT2D eigenvalue weighted by Crippen LogP contribution is 2.22. The molecule has 0 saturated heterocycles. The fraction of sp³-hybridized carbons (Fsp3) is 0.120. The van der Waals surface area contributed by atoms with E-state index in [1.165, 1.54) is 11.8 Å². The summed E-state index contributed by atoms with van der Waals surface area (Å²) in [6.07, 6.45) is 0. The minimum absolute atomic E-state index is 0.139. The number of hydrogen-bond acceptors (Lipinski definition) is 7. The average Bonchev–Trinajstić information content (AvgIpc) is 3.37. The van der Waals surface area contributed by atoms with E-state index in [4.69, 9.17) is 9.47 Å². The molecule has 4 rings (SSSR count). The van der Waals surface area contributed by atoms with Crippen molar-refractivity contribution < 1.29 is 19.1 Å². The minimum Gasteiger partial charge on any atom is -0.497 e. The van der Waals surface area contributed by atoms with Gasteiger partial charge in [-0.2, -0.15) is 0 Å². The van der Waals surface area contributed by atoms with Crippen molar-refractivity contribution in [2.75, 3.05) is 30.6 Å². The number of methoxy groups -OCH3 is 2. The Morgan fingerprint density at radius 2 is 1.40 bits per heavy atom. The molecule has 0 unspecified atom stereocenters. The monoisotopic (exact) mass is 489 g/mol. The molecule has 0 aliphatic heterocycles. The highest BCUT2D eigenvalue weighted by molar-refractivity contribution is 7.99. The molecule has 2 amide bonds. The Labute approximate surface area is 206 Å². The zero-order valence-electron chi connectivity index (χ0n) is 19.1. The van der Waals surface area contributed by atoms with Crippen molar-refractivity contribution in [3.8, 4) is 22.9 Å². The van der Waals surface area contributed by atoms with Crippen LogP contribution in [0.15, 0.2) is 78.0 Å². The number of anilines is 2. The number of nitrogens with one attached hydrogen (secondary N) is 3. The topological polar surface area (TPSA) is 118 Å². The molecule has 3 aromatic carbocycles. The van der Waals surface area contributed by atoms with Gasteiger partial charge in [-0.15, -0.1) is 5.10 Å². The quantitative estimate of drug-likeness (QED) is 0.297. The summed E-state index contributed by atoms with van der Waals surface area (Å²) in [5.74, 6) is 1.76. The summed E-state index contributed by atoms with van der Waals surface area (Å²) in [6.45, 7) is 0. The molecule has 0 spiro atoms. The second kappa shape index (κ2) is 11.2. The molecule has 1 heterocycles. The predicted molar refractivity (Wildman–Crippen MR) is 135 cm³/mol. The van der Waals surface area contributed by atoms with Crippen molar-refractivity contribution in [1.82, 2.24) is 15.2 Å². The number of rotatable bonds is 9. The van der Waals surface area contributed by atoms with Crippen LogP contribution in [0.1, 0.15) is 10.4 Å². The van der Waals surface area contributed by atoms with Crippen LogP contribution in [-0.4, -0.2) is 47.0 Å². The van der Waals surface area contributed by atoms with E-state index in [-0.39, 0.29) is 17.6 Å². The number of hydrogen-bond donors (Lipinski definition) is 3. The average molecular weight is 490 g/mol. The second-order valence-electron chi connectivity index (χ2n) is 7.29. The van der Waals surface area contributed by atoms with Crippen molar-refractivity contribution in [2.45, 2.75) is 5.16 Å². The van der Waals surface area contributed by atoms with Crippen molar-refractivity contribution in [3.05, 3.63) is 78.4 Å². The number of amides is 2. The van der Waals surface area contributed by atoms with Gasteiger partial charge in [0.25, 0.3) is 5.91 Å². The molecule has 1 aromatic heterocycles. The summed E-state index contributed by atoms with van der Waals surface area (Å²) in [5.41, 5.74) is 2.59. The van der Waals surface area contributed by atoms with Crippen molar-refractivity contribution in [3.63, 3.8) is 0 Å². The van der Waals surface area contributed by atoms with Crippen LogP contribution < -0.4 is 20.1 Å². The van der Waals surface area contributed by atoms with Crippen LogP contribution in [0.4, 0.5) is 11.4 Å². The third-order valence-electron chi connectivity index (χ3n) is 4.94. The predicted octanol–water partition coefficient (Wildman–Crippen LogP) is 4.47. The molecule has 3 N–H and O–H groups in total. The molecule has 0 saturated carbocycles. The Kier molecular flexibility index (Phi) is 7.63. The van der Waals surface area contributed by atoms with E-state index in [1.807, 2.05) is 24.3 Å². The Morgan fingerprint density at radius 3 is 2.03 bits per heavy atom. The first-order valence-electron chi connectivity index (χ1n) is 10.6. The molecule has 35 heavy (non-hydrogen) atoms. The van der Waals surface area contributed by atoms with E-state index in [9.17, 15) is 9.59 Å². The molecule has 0 aliphatic rings. The fourth-order valence-corrected chi connectivity index (χ4v) is 3.70. The van der Waals surface area contributed by atoms with Crippen LogP contribution in [-0.2, 0) is 4.79 Å². The molecule has 10 heteroatoms. The number of aromatic amines is 1. The summed E-state index contributed by atoms with van der Waals surface area (Å²) in [7, 11) is 3.19. The van der Waals surface area contributed by atoms with E-state index < -0.39 is 0 Å². The van der Waals surface area contributed by atoms with Crippen LogP contribution in [0.25, 0.3) is 11.4 Å². The minimum atomic E-state index is -0.249. The normalized spacial score (nSPS) is 10.5. The lowest BCUT2D eigenvalue weighted by atomic mass is 10.2. The number of H-pyrrole nitrogens is 1. The van der Waals surface area contributed by atoms with E-state index in [0.717, 1.165) is 11.3 Å². The molecule has 0 aliphatic carbocycles. The smallest absolute Gasteiger partial charge is 0.255 e. The maximum absolute atomic E-state index is 12.4. The maximum Gasteiger partial charge on any atom is 0.255 e. The number of carbonyl (C=O) groups is 2. The third kappa shape index (κ3) is 6.39. The molecule has 0 radical (unpaired) electrons. The molecule has 0 fully saturated rings. The summed E-state index contributed by atoms with van der Waals surface area (Å²) in [4.78, 5) is 29.2. The molecule has 0 bridgehead atoms. The third-order valence-corrected chi connectivity index (χ3v) is 5.79. The lowest BCUT2D eigenvalue weighted by molar-refractivity contribution is -0.113. The van der Waals surface area contributed by atoms with Gasteiger partial charge in [-0.25, -0.2) is 4.98 Å². The molecular formula is C25H23N5O4S. The highest BCUT2D eigenvalue weighted by atomic mass is 32.2. The molecular weight excluding hydrogens is 466 g/mol. The van der Waals surface area contributed by atoms with Gasteiger partial charge in [0.2, 0.25) is 11.1 Å². The zero-order chi connectivity index (χ0) is 24.6. The van der Waals surface area contributed by atoms with Gasteiger partial charge >= 0.3 is 0 Å². The summed E-state index contributed by atoms with van der Waals surface area (Å²) < 4.78 is 10.3. The van der Waals surface area contributed by atoms with E-state index in [1.54, 1.807) is 62.8 Å². The second-order valence-corrected chi connectivity index (χ2v) is 8.23. The number of thioether (sulfide) groups is 1. The SMILES string of the molecule is COc1ccc(NC(=O)c2ccc(NC(=O)CSc3n[nH]c(-c4ccc(OC)cc4)n3)cc2)cc1. The summed E-state index contributed by atoms with van der Waals surface area (Å²) >= 11 is 1.22. The van der Waals surface area contributed by atoms with Gasteiger partial charge in [0.1, 0.15) is 11.5 Å². The fourth-order valence-electron chi connectivity index (χ4n) is 3.10. The Bertz CT molecular complexity index is 1290. The Morgan fingerprint density at radius 1 is 0.829 bits per heavy atom. The number of nitrogens with zero attached hydrogens (tertiary/aromatic N) is 2. The first kappa shape index (κ1) is 23.8. The van der Waals surface area contributed by atoms with E-state index in [2.05, 4.69) is 25.8 Å². The van der Waals surface area contributed by atoms with Gasteiger partial charge in [0.05, 0.1) is 20.0 Å². The van der Waals surface area contributed by atoms with Gasteiger partial charge in [-0.05, 0) is 72.8 Å². The van der Waals surface area contributed by atoms with Crippen molar-refractivity contribution in [1.29, 1.82) is 0 Å². The van der Waals surface area contributed by atoms with Crippen LogP contribution in [0.5, 0.6) is 11.5 Å². The summed E-state index contributed by atoms with van der Waals surface area (Å²) in [6, 6.07) is 21.2. The van der Waals surface area contributed by atoms with Gasteiger partial charge in [-0.3, -0.25) is 14.7 Å². The molecule has 4 aromatic rings.